The minimum Gasteiger partial charge on any atom is -0.347 e. The molecule has 7 nitrogen and oxygen atoms in total. The molecule has 0 saturated carbocycles. The molecule has 0 unspecified atom stereocenters. The lowest BCUT2D eigenvalue weighted by molar-refractivity contribution is 0.0895. The van der Waals surface area contributed by atoms with Crippen LogP contribution in [-0.4, -0.2) is 62.4 Å². The van der Waals surface area contributed by atoms with Gasteiger partial charge in [0.1, 0.15) is 15.6 Å². The minimum atomic E-state index is -0.0782. The second-order valence-corrected chi connectivity index (χ2v) is 7.65. The van der Waals surface area contributed by atoms with Crippen molar-refractivity contribution in [2.75, 3.05) is 25.4 Å². The number of amidine groups is 1. The third kappa shape index (κ3) is 3.27. The predicted molar refractivity (Wildman–Crippen MR) is 95.3 cm³/mol. The molecule has 9 heteroatoms. The maximum Gasteiger partial charge on any atom is 0.263 e. The van der Waals surface area contributed by atoms with Crippen molar-refractivity contribution in [3.05, 3.63) is 29.7 Å². The fourth-order valence-corrected chi connectivity index (χ4v) is 4.28. The summed E-state index contributed by atoms with van der Waals surface area (Å²) in [6.45, 7) is 2.57. The summed E-state index contributed by atoms with van der Waals surface area (Å²) in [5.41, 5.74) is 0.684. The molecule has 1 N–H and O–H groups in total. The first-order chi connectivity index (χ1) is 11.8. The van der Waals surface area contributed by atoms with Gasteiger partial charge in [-0.3, -0.25) is 19.8 Å². The molecule has 0 bridgehead atoms. The number of likely N-dealkylation sites (tertiary alicyclic amines) is 1. The maximum atomic E-state index is 12.3. The average molecular weight is 360 g/mol. The Morgan fingerprint density at radius 2 is 2.17 bits per heavy atom. The first kappa shape index (κ1) is 15.5. The van der Waals surface area contributed by atoms with Gasteiger partial charge < -0.3 is 10.2 Å². The van der Waals surface area contributed by atoms with Gasteiger partial charge in [-0.05, 0) is 6.42 Å². The first-order valence-corrected chi connectivity index (χ1v) is 9.55. The van der Waals surface area contributed by atoms with Crippen LogP contribution in [0.3, 0.4) is 0 Å². The Morgan fingerprint density at radius 1 is 1.25 bits per heavy atom. The van der Waals surface area contributed by atoms with Gasteiger partial charge in [0, 0.05) is 37.8 Å². The van der Waals surface area contributed by atoms with Crippen molar-refractivity contribution in [1.82, 2.24) is 25.2 Å². The van der Waals surface area contributed by atoms with E-state index in [1.54, 1.807) is 24.8 Å². The SMILES string of the molecule is O=C(NC1CN(C2=NCCCS2)C1)c1cnc(-c2cnccn2)s1. The van der Waals surface area contributed by atoms with Crippen LogP contribution in [0.5, 0.6) is 0 Å². The van der Waals surface area contributed by atoms with Crippen LogP contribution in [-0.2, 0) is 0 Å². The summed E-state index contributed by atoms with van der Waals surface area (Å²) < 4.78 is 0. The number of carbonyl (C=O) groups excluding carboxylic acids is 1. The second-order valence-electron chi connectivity index (χ2n) is 5.56. The van der Waals surface area contributed by atoms with Gasteiger partial charge in [-0.25, -0.2) is 4.98 Å². The summed E-state index contributed by atoms with van der Waals surface area (Å²) >= 11 is 3.14. The number of aromatic nitrogens is 3. The van der Waals surface area contributed by atoms with E-state index in [-0.39, 0.29) is 11.9 Å². The zero-order chi connectivity index (χ0) is 16.4. The molecule has 1 amide bonds. The molecule has 0 radical (unpaired) electrons. The quantitative estimate of drug-likeness (QED) is 0.893. The number of thiazole rings is 1. The van der Waals surface area contributed by atoms with Gasteiger partial charge in [-0.2, -0.15) is 0 Å². The Kier molecular flexibility index (Phi) is 4.44. The van der Waals surface area contributed by atoms with Gasteiger partial charge in [-0.15, -0.1) is 11.3 Å². The molecule has 0 aliphatic carbocycles. The molecule has 0 spiro atoms. The van der Waals surface area contributed by atoms with E-state index >= 15 is 0 Å². The smallest absolute Gasteiger partial charge is 0.263 e. The standard InChI is InChI=1S/C15H16N6OS2/c22-13(12-7-19-14(24-12)11-6-16-3-4-17-11)20-10-8-21(9-10)15-18-2-1-5-23-15/h3-4,6-7,10H,1-2,5,8-9H2,(H,20,22). The molecule has 4 rings (SSSR count). The van der Waals surface area contributed by atoms with Crippen molar-refractivity contribution in [1.29, 1.82) is 0 Å². The number of carbonyl (C=O) groups is 1. The lowest BCUT2D eigenvalue weighted by atomic mass is 10.1. The van der Waals surface area contributed by atoms with Gasteiger partial charge in [0.2, 0.25) is 0 Å². The van der Waals surface area contributed by atoms with Crippen LogP contribution < -0.4 is 5.32 Å². The molecule has 0 aromatic carbocycles. The maximum absolute atomic E-state index is 12.3. The highest BCUT2D eigenvalue weighted by molar-refractivity contribution is 8.13. The minimum absolute atomic E-state index is 0.0782. The monoisotopic (exact) mass is 360 g/mol. The van der Waals surface area contributed by atoms with Crippen LogP contribution in [0.15, 0.2) is 29.8 Å². The van der Waals surface area contributed by atoms with Crippen LogP contribution in [0.4, 0.5) is 0 Å². The third-order valence-corrected chi connectivity index (χ3v) is 5.94. The molecule has 24 heavy (non-hydrogen) atoms. The molecule has 1 saturated heterocycles. The van der Waals surface area contributed by atoms with Gasteiger partial charge in [-0.1, -0.05) is 11.8 Å². The number of aliphatic imine (C=N–C) groups is 1. The molecular formula is C15H16N6OS2. The van der Waals surface area contributed by atoms with Gasteiger partial charge in [0.25, 0.3) is 5.91 Å². The van der Waals surface area contributed by atoms with Crippen molar-refractivity contribution >= 4 is 34.2 Å². The summed E-state index contributed by atoms with van der Waals surface area (Å²) in [5.74, 6) is 1.06. The van der Waals surface area contributed by atoms with E-state index in [0.717, 1.165) is 37.0 Å². The normalized spacial score (nSPS) is 18.0. The molecule has 0 atom stereocenters. The van der Waals surface area contributed by atoms with Crippen LogP contribution in [0.2, 0.25) is 0 Å². The van der Waals surface area contributed by atoms with Gasteiger partial charge in [0.05, 0.1) is 18.4 Å². The molecular weight excluding hydrogens is 344 g/mol. The van der Waals surface area contributed by atoms with Crippen molar-refractivity contribution in [3.8, 4) is 10.7 Å². The van der Waals surface area contributed by atoms with Crippen LogP contribution in [0.1, 0.15) is 16.1 Å². The van der Waals surface area contributed by atoms with Crippen molar-refractivity contribution < 1.29 is 4.79 Å². The molecule has 2 aromatic heterocycles. The Hall–Kier alpha value is -2.00. The van der Waals surface area contributed by atoms with E-state index < -0.39 is 0 Å². The molecule has 2 aliphatic rings. The van der Waals surface area contributed by atoms with E-state index in [4.69, 9.17) is 0 Å². The third-order valence-electron chi connectivity index (χ3n) is 3.78. The fourth-order valence-electron chi connectivity index (χ4n) is 2.53. The highest BCUT2D eigenvalue weighted by Crippen LogP contribution is 2.24. The summed E-state index contributed by atoms with van der Waals surface area (Å²) in [5, 5.41) is 4.88. The zero-order valence-electron chi connectivity index (χ0n) is 12.9. The van der Waals surface area contributed by atoms with Crippen LogP contribution in [0.25, 0.3) is 10.7 Å². The van der Waals surface area contributed by atoms with Crippen LogP contribution >= 0.6 is 23.1 Å². The molecule has 124 valence electrons. The van der Waals surface area contributed by atoms with Crippen molar-refractivity contribution in [2.45, 2.75) is 12.5 Å². The van der Waals surface area contributed by atoms with Crippen molar-refractivity contribution in [3.63, 3.8) is 0 Å². The Bertz CT molecular complexity index is 756. The van der Waals surface area contributed by atoms with Gasteiger partial charge in [0.15, 0.2) is 5.17 Å². The van der Waals surface area contributed by atoms with Gasteiger partial charge >= 0.3 is 0 Å². The number of thioether (sulfide) groups is 1. The predicted octanol–water partition coefficient (Wildman–Crippen LogP) is 1.51. The average Bonchev–Trinajstić information content (AvgIpc) is 3.09. The lowest BCUT2D eigenvalue weighted by Gasteiger charge is -2.41. The highest BCUT2D eigenvalue weighted by Gasteiger charge is 2.31. The van der Waals surface area contributed by atoms with E-state index in [0.29, 0.717) is 15.6 Å². The topological polar surface area (TPSA) is 83.4 Å². The number of rotatable bonds is 3. The van der Waals surface area contributed by atoms with Crippen LogP contribution in [0, 0.1) is 0 Å². The van der Waals surface area contributed by atoms with Crippen molar-refractivity contribution in [2.24, 2.45) is 4.99 Å². The first-order valence-electron chi connectivity index (χ1n) is 7.75. The Balaban J connectivity index is 1.33. The highest BCUT2D eigenvalue weighted by atomic mass is 32.2. The fraction of sp³-hybridized carbons (Fsp3) is 0.400. The van der Waals surface area contributed by atoms with E-state index in [1.807, 2.05) is 11.8 Å². The summed E-state index contributed by atoms with van der Waals surface area (Å²) in [6.07, 6.45) is 7.63. The lowest BCUT2D eigenvalue weighted by Crippen LogP contribution is -2.60. The molecule has 2 aliphatic heterocycles. The number of amides is 1. The zero-order valence-corrected chi connectivity index (χ0v) is 14.5. The Morgan fingerprint density at radius 3 is 2.92 bits per heavy atom. The number of hydrogen-bond donors (Lipinski definition) is 1. The summed E-state index contributed by atoms with van der Waals surface area (Å²) in [4.78, 5) is 32.2. The largest absolute Gasteiger partial charge is 0.347 e. The molecule has 1 fully saturated rings. The molecule has 4 heterocycles. The second kappa shape index (κ2) is 6.86. The van der Waals surface area contributed by atoms with E-state index in [2.05, 4.69) is 30.2 Å². The van der Waals surface area contributed by atoms with E-state index in [1.165, 1.54) is 11.3 Å². The number of hydrogen-bond acceptors (Lipinski definition) is 8. The number of nitrogens with zero attached hydrogens (tertiary/aromatic N) is 5. The summed E-state index contributed by atoms with van der Waals surface area (Å²) in [7, 11) is 0. The summed E-state index contributed by atoms with van der Waals surface area (Å²) in [6, 6.07) is 0.171. The molecule has 2 aromatic rings. The number of nitrogens with one attached hydrogen (secondary N) is 1. The van der Waals surface area contributed by atoms with E-state index in [9.17, 15) is 4.79 Å². The Labute approximate surface area is 147 Å².